The number of amides is 1. The van der Waals surface area contributed by atoms with E-state index in [9.17, 15) is 4.79 Å². The Morgan fingerprint density at radius 1 is 1.38 bits per heavy atom. The second-order valence-electron chi connectivity index (χ2n) is 1.65. The van der Waals surface area contributed by atoms with Crippen LogP contribution in [0.2, 0.25) is 0 Å². The zero-order valence-electron chi connectivity index (χ0n) is 6.83. The average Bonchev–Trinajstić information content (AvgIpc) is 1.83. The van der Waals surface area contributed by atoms with Crippen molar-refractivity contribution >= 4 is 40.6 Å². The molecule has 0 fully saturated rings. The van der Waals surface area contributed by atoms with E-state index >= 15 is 0 Å². The van der Waals surface area contributed by atoms with Gasteiger partial charge in [-0.25, -0.2) is 0 Å². The van der Waals surface area contributed by atoms with Gasteiger partial charge in [0, 0.05) is 6.92 Å². The molecule has 0 rings (SSSR count). The van der Waals surface area contributed by atoms with E-state index in [1.807, 2.05) is 5.32 Å². The number of nitrogens with zero attached hydrogens (tertiary/aromatic N) is 1. The molecule has 0 aliphatic heterocycles. The molecule has 0 aromatic carbocycles. The van der Waals surface area contributed by atoms with Crippen LogP contribution in [0, 0.1) is 11.5 Å². The fourth-order valence-corrected chi connectivity index (χ4v) is 0.418. The maximum absolute atomic E-state index is 9.98. The van der Waals surface area contributed by atoms with E-state index in [0.29, 0.717) is 0 Å². The zero-order valence-corrected chi connectivity index (χ0v) is 8.46. The highest BCUT2D eigenvalue weighted by Crippen LogP contribution is 1.57. The van der Waals surface area contributed by atoms with E-state index in [1.165, 1.54) is 6.92 Å². The lowest BCUT2D eigenvalue weighted by Crippen LogP contribution is -2.32. The molecular weight excluding hydrogens is 210 g/mol. The van der Waals surface area contributed by atoms with Crippen LogP contribution in [0.4, 0.5) is 0 Å². The average molecular weight is 219 g/mol. The Balaban J connectivity index is 0. The van der Waals surface area contributed by atoms with Gasteiger partial charge in [0.15, 0.2) is 16.4 Å². The summed E-state index contributed by atoms with van der Waals surface area (Å²) in [5.41, 5.74) is 9.69. The Kier molecular flexibility index (Phi) is 9.36. The lowest BCUT2D eigenvalue weighted by Gasteiger charge is -1.92. The van der Waals surface area contributed by atoms with Gasteiger partial charge >= 0.3 is 0 Å². The summed E-state index contributed by atoms with van der Waals surface area (Å²) in [5.74, 6) is -0.229. The largest absolute Gasteiger partial charge is 0.376 e. The first-order valence-electron chi connectivity index (χ1n) is 2.91. The number of hydrogen-bond donors (Lipinski definition) is 4. The fourth-order valence-electron chi connectivity index (χ4n) is 0.229. The zero-order chi connectivity index (χ0) is 10.9. The molecule has 72 valence electrons. The van der Waals surface area contributed by atoms with Crippen LogP contribution < -0.4 is 22.1 Å². The van der Waals surface area contributed by atoms with Crippen molar-refractivity contribution in [2.45, 2.75) is 6.92 Å². The van der Waals surface area contributed by atoms with Crippen LogP contribution in [0.1, 0.15) is 6.92 Å². The van der Waals surface area contributed by atoms with Gasteiger partial charge in [-0.2, -0.15) is 5.26 Å². The molecule has 0 aromatic rings. The lowest BCUT2D eigenvalue weighted by atomic mass is 10.7. The van der Waals surface area contributed by atoms with Crippen LogP contribution in [0.3, 0.4) is 0 Å². The lowest BCUT2D eigenvalue weighted by molar-refractivity contribution is -0.117. The van der Waals surface area contributed by atoms with Crippen molar-refractivity contribution < 1.29 is 4.79 Å². The molecule has 0 aliphatic carbocycles. The highest BCUT2D eigenvalue weighted by atomic mass is 32.1. The number of nitrogens with two attached hydrogens (primary N) is 2. The molecule has 0 bridgehead atoms. The Hall–Kier alpha value is -1.46. The third-order valence-corrected chi connectivity index (χ3v) is 0.682. The SMILES string of the molecule is CC(=O)NC(N)=S.N#CNC(N)=S. The van der Waals surface area contributed by atoms with Crippen LogP contribution in [0.25, 0.3) is 0 Å². The minimum absolute atomic E-state index is 0.0116. The highest BCUT2D eigenvalue weighted by molar-refractivity contribution is 7.80. The molecule has 0 saturated heterocycles. The van der Waals surface area contributed by atoms with Gasteiger partial charge in [0.1, 0.15) is 0 Å². The third kappa shape index (κ3) is 25.0. The van der Waals surface area contributed by atoms with Crippen LogP contribution in [-0.4, -0.2) is 16.1 Å². The van der Waals surface area contributed by atoms with Crippen molar-refractivity contribution in [3.05, 3.63) is 0 Å². The van der Waals surface area contributed by atoms with Gasteiger partial charge in [0.25, 0.3) is 0 Å². The second kappa shape index (κ2) is 8.63. The number of carbonyl (C=O) groups is 1. The van der Waals surface area contributed by atoms with E-state index < -0.39 is 0 Å². The Bertz CT molecular complexity index is 234. The van der Waals surface area contributed by atoms with Crippen molar-refractivity contribution in [3.8, 4) is 6.19 Å². The Morgan fingerprint density at radius 2 is 1.85 bits per heavy atom. The van der Waals surface area contributed by atoms with Crippen molar-refractivity contribution in [2.24, 2.45) is 11.5 Å². The van der Waals surface area contributed by atoms with Gasteiger partial charge in [-0.3, -0.25) is 10.1 Å². The van der Waals surface area contributed by atoms with Crippen LogP contribution in [-0.2, 0) is 4.79 Å². The number of nitriles is 1. The summed E-state index contributed by atoms with van der Waals surface area (Å²) in [5, 5.41) is 11.9. The first-order chi connectivity index (χ1) is 5.90. The maximum atomic E-state index is 9.98. The third-order valence-electron chi connectivity index (χ3n) is 0.478. The van der Waals surface area contributed by atoms with E-state index in [0.717, 1.165) is 0 Å². The minimum Gasteiger partial charge on any atom is -0.376 e. The van der Waals surface area contributed by atoms with E-state index in [4.69, 9.17) is 16.7 Å². The van der Waals surface area contributed by atoms with E-state index in [-0.39, 0.29) is 16.1 Å². The summed E-state index contributed by atoms with van der Waals surface area (Å²) in [4.78, 5) is 9.98. The molecule has 0 aromatic heterocycles. The second-order valence-corrected chi connectivity index (χ2v) is 2.53. The van der Waals surface area contributed by atoms with Gasteiger partial charge in [-0.15, -0.1) is 0 Å². The molecular formula is C5H9N5OS2. The highest BCUT2D eigenvalue weighted by Gasteiger charge is 1.87. The molecule has 0 aliphatic rings. The molecule has 0 spiro atoms. The number of rotatable bonds is 0. The maximum Gasteiger partial charge on any atom is 0.222 e. The van der Waals surface area contributed by atoms with Crippen LogP contribution in [0.15, 0.2) is 0 Å². The summed E-state index contributed by atoms with van der Waals surface area (Å²) < 4.78 is 0. The molecule has 0 saturated carbocycles. The topological polar surface area (TPSA) is 117 Å². The molecule has 8 heteroatoms. The molecule has 0 heterocycles. The fraction of sp³-hybridized carbons (Fsp3) is 0.200. The summed E-state index contributed by atoms with van der Waals surface area (Å²) in [7, 11) is 0. The van der Waals surface area contributed by atoms with Crippen molar-refractivity contribution in [1.29, 1.82) is 5.26 Å². The normalized spacial score (nSPS) is 6.77. The molecule has 0 atom stereocenters. The summed E-state index contributed by atoms with van der Waals surface area (Å²) in [6.07, 6.45) is 1.55. The van der Waals surface area contributed by atoms with Gasteiger partial charge in [0.05, 0.1) is 0 Å². The summed E-state index contributed by atoms with van der Waals surface area (Å²) in [6.45, 7) is 1.35. The molecule has 6 N–H and O–H groups in total. The molecule has 0 radical (unpaired) electrons. The quantitative estimate of drug-likeness (QED) is 0.226. The van der Waals surface area contributed by atoms with Gasteiger partial charge in [-0.05, 0) is 24.4 Å². The first-order valence-corrected chi connectivity index (χ1v) is 3.73. The monoisotopic (exact) mass is 219 g/mol. The van der Waals surface area contributed by atoms with Crippen LogP contribution >= 0.6 is 24.4 Å². The predicted octanol–water partition coefficient (Wildman–Crippen LogP) is -1.33. The smallest absolute Gasteiger partial charge is 0.222 e. The molecule has 6 nitrogen and oxygen atoms in total. The van der Waals surface area contributed by atoms with Crippen molar-refractivity contribution in [1.82, 2.24) is 10.6 Å². The van der Waals surface area contributed by atoms with Gasteiger partial charge in [0.2, 0.25) is 5.91 Å². The van der Waals surface area contributed by atoms with Crippen molar-refractivity contribution in [3.63, 3.8) is 0 Å². The van der Waals surface area contributed by atoms with Gasteiger partial charge < -0.3 is 16.8 Å². The number of hydrogen-bond acceptors (Lipinski definition) is 4. The number of nitrogens with one attached hydrogen (secondary N) is 2. The standard InChI is InChI=1S/C3H6N2OS.C2H3N3S/c1-2(6)5-3(4)7;3-1-5-2(4)6/h1H3,(H3,4,5,6,7);(H3,4,5,6). The molecule has 13 heavy (non-hydrogen) atoms. The van der Waals surface area contributed by atoms with E-state index in [1.54, 1.807) is 6.19 Å². The van der Waals surface area contributed by atoms with Crippen molar-refractivity contribution in [2.75, 3.05) is 0 Å². The van der Waals surface area contributed by atoms with Crippen LogP contribution in [0.5, 0.6) is 0 Å². The molecule has 0 unspecified atom stereocenters. The Labute approximate surface area is 86.3 Å². The predicted molar refractivity (Wildman–Crippen MR) is 56.1 cm³/mol. The summed E-state index contributed by atoms with van der Waals surface area (Å²) >= 11 is 8.56. The Morgan fingerprint density at radius 3 is 1.85 bits per heavy atom. The minimum atomic E-state index is -0.229. The number of thiocarbonyl (C=S) groups is 2. The first kappa shape index (κ1) is 14.1. The van der Waals surface area contributed by atoms with Gasteiger partial charge in [-0.1, -0.05) is 0 Å². The summed E-state index contributed by atoms with van der Waals surface area (Å²) in [6, 6.07) is 0. The molecule has 1 amide bonds. The number of carbonyl (C=O) groups excluding carboxylic acids is 1. The van der Waals surface area contributed by atoms with E-state index in [2.05, 4.69) is 29.8 Å².